The Bertz CT molecular complexity index is 1120. The van der Waals surface area contributed by atoms with Gasteiger partial charge < -0.3 is 4.74 Å². The van der Waals surface area contributed by atoms with Gasteiger partial charge in [0.05, 0.1) is 5.02 Å². The van der Waals surface area contributed by atoms with Crippen molar-refractivity contribution in [1.29, 1.82) is 0 Å². The SMILES string of the molecule is Cc1cc(-c2ncnn2C)c2cccc(OCc3c(C)cncc3Cl)c2n1. The summed E-state index contributed by atoms with van der Waals surface area (Å²) in [6, 6.07) is 7.90. The molecule has 0 bridgehead atoms. The van der Waals surface area contributed by atoms with Crippen LogP contribution >= 0.6 is 11.6 Å². The summed E-state index contributed by atoms with van der Waals surface area (Å²) >= 11 is 6.27. The Balaban J connectivity index is 1.79. The molecule has 0 spiro atoms. The average Bonchev–Trinajstić information content (AvgIpc) is 3.06. The molecular weight excluding hydrogens is 362 g/mol. The lowest BCUT2D eigenvalue weighted by Gasteiger charge is -2.13. The number of hydrogen-bond donors (Lipinski definition) is 0. The number of hydrogen-bond acceptors (Lipinski definition) is 5. The summed E-state index contributed by atoms with van der Waals surface area (Å²) in [6.07, 6.45) is 4.96. The zero-order valence-electron chi connectivity index (χ0n) is 15.3. The predicted octanol–water partition coefficient (Wildman–Crippen LogP) is 4.27. The molecule has 0 aliphatic carbocycles. The minimum Gasteiger partial charge on any atom is -0.487 e. The Labute approximate surface area is 161 Å². The minimum absolute atomic E-state index is 0.348. The Morgan fingerprint density at radius 1 is 1.19 bits per heavy atom. The quantitative estimate of drug-likeness (QED) is 0.529. The standard InChI is InChI=1S/C20H18ClN5O/c1-12-8-22-9-17(21)16(12)10-27-18-6-4-5-14-15(7-13(2)25-19(14)18)20-23-11-24-26(20)3/h4-9,11H,10H2,1-3H3. The second kappa shape index (κ2) is 6.96. The van der Waals surface area contributed by atoms with Crippen LogP contribution in [0.25, 0.3) is 22.3 Å². The number of pyridine rings is 2. The largest absolute Gasteiger partial charge is 0.487 e. The molecule has 0 radical (unpaired) electrons. The van der Waals surface area contributed by atoms with Gasteiger partial charge in [-0.2, -0.15) is 5.10 Å². The number of benzene rings is 1. The first-order chi connectivity index (χ1) is 13.0. The molecule has 136 valence electrons. The van der Waals surface area contributed by atoms with E-state index in [1.807, 2.05) is 45.2 Å². The van der Waals surface area contributed by atoms with Crippen molar-refractivity contribution in [3.8, 4) is 17.1 Å². The molecule has 0 aliphatic heterocycles. The van der Waals surface area contributed by atoms with Gasteiger partial charge >= 0.3 is 0 Å². The fraction of sp³-hybridized carbons (Fsp3) is 0.200. The van der Waals surface area contributed by atoms with Gasteiger partial charge in [-0.1, -0.05) is 23.7 Å². The Morgan fingerprint density at radius 3 is 2.78 bits per heavy atom. The van der Waals surface area contributed by atoms with Crippen LogP contribution in [0.4, 0.5) is 0 Å². The molecule has 6 nitrogen and oxygen atoms in total. The molecule has 0 saturated carbocycles. The number of fused-ring (bicyclic) bond motifs is 1. The lowest BCUT2D eigenvalue weighted by Crippen LogP contribution is -2.02. The molecule has 3 heterocycles. The molecule has 4 aromatic rings. The van der Waals surface area contributed by atoms with Crippen molar-refractivity contribution >= 4 is 22.5 Å². The van der Waals surface area contributed by atoms with E-state index in [4.69, 9.17) is 21.3 Å². The van der Waals surface area contributed by atoms with Crippen LogP contribution in [0.15, 0.2) is 43.0 Å². The molecule has 4 rings (SSSR count). The van der Waals surface area contributed by atoms with Gasteiger partial charge in [0, 0.05) is 41.6 Å². The highest BCUT2D eigenvalue weighted by molar-refractivity contribution is 6.31. The summed E-state index contributed by atoms with van der Waals surface area (Å²) < 4.78 is 7.86. The number of halogens is 1. The summed E-state index contributed by atoms with van der Waals surface area (Å²) in [6.45, 7) is 4.27. The van der Waals surface area contributed by atoms with Crippen LogP contribution in [0.2, 0.25) is 5.02 Å². The van der Waals surface area contributed by atoms with Gasteiger partial charge in [-0.3, -0.25) is 4.98 Å². The third-order valence-electron chi connectivity index (χ3n) is 4.48. The maximum Gasteiger partial charge on any atom is 0.158 e. The van der Waals surface area contributed by atoms with Gasteiger partial charge in [0.2, 0.25) is 0 Å². The van der Waals surface area contributed by atoms with Crippen molar-refractivity contribution in [3.63, 3.8) is 0 Å². The van der Waals surface area contributed by atoms with E-state index in [2.05, 4.69) is 15.1 Å². The fourth-order valence-corrected chi connectivity index (χ4v) is 3.34. The van der Waals surface area contributed by atoms with Crippen LogP contribution in [0, 0.1) is 13.8 Å². The van der Waals surface area contributed by atoms with E-state index in [1.165, 1.54) is 0 Å². The first-order valence-electron chi connectivity index (χ1n) is 8.51. The normalized spacial score (nSPS) is 11.1. The van der Waals surface area contributed by atoms with Crippen molar-refractivity contribution in [2.45, 2.75) is 20.5 Å². The number of aromatic nitrogens is 5. The maximum atomic E-state index is 6.27. The Hall–Kier alpha value is -2.99. The van der Waals surface area contributed by atoms with E-state index < -0.39 is 0 Å². The second-order valence-electron chi connectivity index (χ2n) is 6.38. The summed E-state index contributed by atoms with van der Waals surface area (Å²) in [5, 5.41) is 5.74. The molecule has 0 aliphatic rings. The van der Waals surface area contributed by atoms with Gasteiger partial charge in [-0.15, -0.1) is 0 Å². The van der Waals surface area contributed by atoms with Crippen molar-refractivity contribution in [2.75, 3.05) is 0 Å². The molecule has 1 aromatic carbocycles. The van der Waals surface area contributed by atoms with E-state index in [1.54, 1.807) is 23.4 Å². The highest BCUT2D eigenvalue weighted by Crippen LogP contribution is 2.33. The monoisotopic (exact) mass is 379 g/mol. The zero-order valence-corrected chi connectivity index (χ0v) is 16.0. The van der Waals surface area contributed by atoms with E-state index in [9.17, 15) is 0 Å². The lowest BCUT2D eigenvalue weighted by atomic mass is 10.1. The third-order valence-corrected chi connectivity index (χ3v) is 4.80. The molecule has 0 atom stereocenters. The van der Waals surface area contributed by atoms with Gasteiger partial charge in [-0.25, -0.2) is 14.6 Å². The molecule has 0 fully saturated rings. The molecule has 7 heteroatoms. The fourth-order valence-electron chi connectivity index (χ4n) is 3.08. The van der Waals surface area contributed by atoms with Gasteiger partial charge in [0.25, 0.3) is 0 Å². The molecule has 3 aromatic heterocycles. The van der Waals surface area contributed by atoms with Crippen LogP contribution in [0.1, 0.15) is 16.8 Å². The number of para-hydroxylation sites is 1. The van der Waals surface area contributed by atoms with Crippen molar-refractivity contribution < 1.29 is 4.74 Å². The number of aryl methyl sites for hydroxylation is 3. The van der Waals surface area contributed by atoms with Crippen LogP contribution < -0.4 is 4.74 Å². The van der Waals surface area contributed by atoms with E-state index in [0.717, 1.165) is 39.1 Å². The molecule has 27 heavy (non-hydrogen) atoms. The Morgan fingerprint density at radius 2 is 2.04 bits per heavy atom. The highest BCUT2D eigenvalue weighted by Gasteiger charge is 2.14. The van der Waals surface area contributed by atoms with Crippen molar-refractivity contribution in [2.24, 2.45) is 7.05 Å². The molecule has 0 saturated heterocycles. The molecule has 0 N–H and O–H groups in total. The van der Waals surface area contributed by atoms with Crippen molar-refractivity contribution in [1.82, 2.24) is 24.7 Å². The number of nitrogens with zero attached hydrogens (tertiary/aromatic N) is 5. The predicted molar refractivity (Wildman–Crippen MR) is 105 cm³/mol. The summed E-state index contributed by atoms with van der Waals surface area (Å²) in [4.78, 5) is 13.2. The van der Waals surface area contributed by atoms with Gasteiger partial charge in [0.15, 0.2) is 5.82 Å². The van der Waals surface area contributed by atoms with Gasteiger partial charge in [0.1, 0.15) is 24.2 Å². The number of ether oxygens (including phenoxy) is 1. The van der Waals surface area contributed by atoms with Crippen LogP contribution in [0.5, 0.6) is 5.75 Å². The highest BCUT2D eigenvalue weighted by atomic mass is 35.5. The molecular formula is C20H18ClN5O. The summed E-state index contributed by atoms with van der Waals surface area (Å²) in [7, 11) is 1.87. The molecule has 0 unspecified atom stereocenters. The Kier molecular flexibility index (Phi) is 4.49. The summed E-state index contributed by atoms with van der Waals surface area (Å²) in [5.74, 6) is 1.49. The lowest BCUT2D eigenvalue weighted by molar-refractivity contribution is 0.308. The summed E-state index contributed by atoms with van der Waals surface area (Å²) in [5.41, 5.74) is 4.56. The van der Waals surface area contributed by atoms with Gasteiger partial charge in [-0.05, 0) is 31.5 Å². The van der Waals surface area contributed by atoms with Crippen LogP contribution in [-0.2, 0) is 13.7 Å². The topological polar surface area (TPSA) is 65.7 Å². The first-order valence-corrected chi connectivity index (χ1v) is 8.89. The van der Waals surface area contributed by atoms with Crippen LogP contribution in [-0.4, -0.2) is 24.7 Å². The second-order valence-corrected chi connectivity index (χ2v) is 6.78. The third kappa shape index (κ3) is 3.24. The zero-order chi connectivity index (χ0) is 19.0. The average molecular weight is 380 g/mol. The van der Waals surface area contributed by atoms with E-state index >= 15 is 0 Å². The smallest absolute Gasteiger partial charge is 0.158 e. The van der Waals surface area contributed by atoms with E-state index in [0.29, 0.717) is 17.4 Å². The number of rotatable bonds is 4. The van der Waals surface area contributed by atoms with Crippen molar-refractivity contribution in [3.05, 3.63) is 64.8 Å². The maximum absolute atomic E-state index is 6.27. The first kappa shape index (κ1) is 17.4. The minimum atomic E-state index is 0.348. The molecule has 0 amide bonds. The van der Waals surface area contributed by atoms with E-state index in [-0.39, 0.29) is 0 Å². The van der Waals surface area contributed by atoms with Crippen LogP contribution in [0.3, 0.4) is 0 Å².